The van der Waals surface area contributed by atoms with Crippen molar-refractivity contribution in [3.63, 3.8) is 0 Å². The molecule has 2 aliphatic carbocycles. The Kier molecular flexibility index (Phi) is 3.82. The van der Waals surface area contributed by atoms with Crippen LogP contribution in [0.5, 0.6) is 0 Å². The number of anilines is 1. The van der Waals surface area contributed by atoms with Gasteiger partial charge in [-0.3, -0.25) is 14.9 Å². The molecule has 0 saturated heterocycles. The van der Waals surface area contributed by atoms with Gasteiger partial charge in [0.25, 0.3) is 5.69 Å². The first-order valence-corrected chi connectivity index (χ1v) is 10.1. The summed E-state index contributed by atoms with van der Waals surface area (Å²) < 4.78 is 13.3. The molecule has 1 amide bonds. The Morgan fingerprint density at radius 1 is 1.03 bits per heavy atom. The minimum absolute atomic E-state index is 0.0693. The van der Waals surface area contributed by atoms with Crippen LogP contribution < -0.4 is 5.32 Å². The van der Waals surface area contributed by atoms with Crippen molar-refractivity contribution in [3.05, 3.63) is 69.8 Å². The van der Waals surface area contributed by atoms with Crippen LogP contribution >= 0.6 is 0 Å². The lowest BCUT2D eigenvalue weighted by Crippen LogP contribution is -2.48. The molecule has 5 rings (SSSR count). The number of non-ortho nitro benzene ring substituents is 1. The highest BCUT2D eigenvalue weighted by Gasteiger charge is 2.73. The summed E-state index contributed by atoms with van der Waals surface area (Å²) in [5.41, 5.74) is 0.955. The summed E-state index contributed by atoms with van der Waals surface area (Å²) >= 11 is 0. The lowest BCUT2D eigenvalue weighted by Gasteiger charge is -2.39. The number of rotatable bonds is 3. The SMILES string of the molecule is CC12CCC(C(=O)Nc3ccc(F)cc3)(c3nc4cc([N+](=O)[O-])ccc4nc31)C2(C)C. The summed E-state index contributed by atoms with van der Waals surface area (Å²) in [5, 5.41) is 14.2. The molecule has 7 nitrogen and oxygen atoms in total. The molecule has 3 aromatic rings. The molecule has 1 saturated carbocycles. The smallest absolute Gasteiger partial charge is 0.271 e. The summed E-state index contributed by atoms with van der Waals surface area (Å²) in [7, 11) is 0. The van der Waals surface area contributed by atoms with Gasteiger partial charge in [0.2, 0.25) is 5.91 Å². The van der Waals surface area contributed by atoms with E-state index in [-0.39, 0.29) is 22.8 Å². The fraction of sp³-hybridized carbons (Fsp3) is 0.348. The van der Waals surface area contributed by atoms with Crippen molar-refractivity contribution >= 4 is 28.3 Å². The minimum atomic E-state index is -0.947. The molecule has 0 spiro atoms. The first kappa shape index (κ1) is 19.5. The third-order valence-corrected chi connectivity index (χ3v) is 7.72. The van der Waals surface area contributed by atoms with Gasteiger partial charge in [0, 0.05) is 23.2 Å². The molecule has 8 heteroatoms. The van der Waals surface area contributed by atoms with E-state index in [2.05, 4.69) is 26.1 Å². The van der Waals surface area contributed by atoms with E-state index in [9.17, 15) is 19.3 Å². The Hall–Kier alpha value is -3.42. The molecule has 2 aliphatic rings. The molecule has 2 bridgehead atoms. The Bertz CT molecular complexity index is 1270. The topological polar surface area (TPSA) is 98.0 Å². The van der Waals surface area contributed by atoms with Gasteiger partial charge in [-0.2, -0.15) is 0 Å². The standard InChI is InChI=1S/C23H21FN4O3/c1-21(2)22(3)10-11-23(21,20(29)25-14-6-4-13(24)5-7-14)19-18(22)26-16-9-8-15(28(30)31)12-17(16)27-19/h4-9,12H,10-11H2,1-3H3,(H,25,29). The van der Waals surface area contributed by atoms with Gasteiger partial charge in [-0.05, 0) is 48.6 Å². The highest BCUT2D eigenvalue weighted by molar-refractivity contribution is 6.02. The number of nitrogens with one attached hydrogen (secondary N) is 1. The summed E-state index contributed by atoms with van der Waals surface area (Å²) in [6.07, 6.45) is 1.36. The predicted molar refractivity (Wildman–Crippen MR) is 113 cm³/mol. The monoisotopic (exact) mass is 420 g/mol. The molecule has 2 atom stereocenters. The van der Waals surface area contributed by atoms with Crippen LogP contribution in [-0.2, 0) is 15.6 Å². The predicted octanol–water partition coefficient (Wildman–Crippen LogP) is 4.64. The number of nitrogens with zero attached hydrogens (tertiary/aromatic N) is 3. The number of amides is 1. The maximum atomic E-state index is 13.7. The van der Waals surface area contributed by atoms with Crippen molar-refractivity contribution in [2.45, 2.75) is 44.4 Å². The third-order valence-electron chi connectivity index (χ3n) is 7.72. The van der Waals surface area contributed by atoms with Gasteiger partial charge >= 0.3 is 0 Å². The molecule has 2 aromatic carbocycles. The number of carbonyl (C=O) groups excluding carboxylic acids is 1. The zero-order valence-electron chi connectivity index (χ0n) is 17.4. The Morgan fingerprint density at radius 2 is 1.71 bits per heavy atom. The second-order valence-electron chi connectivity index (χ2n) is 9.17. The van der Waals surface area contributed by atoms with E-state index in [1.807, 2.05) is 0 Å². The number of carbonyl (C=O) groups is 1. The van der Waals surface area contributed by atoms with Crippen molar-refractivity contribution in [3.8, 4) is 0 Å². The zero-order valence-corrected chi connectivity index (χ0v) is 17.4. The van der Waals surface area contributed by atoms with Crippen molar-refractivity contribution < 1.29 is 14.1 Å². The van der Waals surface area contributed by atoms with Gasteiger partial charge in [-0.25, -0.2) is 14.4 Å². The highest BCUT2D eigenvalue weighted by atomic mass is 19.1. The van der Waals surface area contributed by atoms with E-state index < -0.39 is 15.8 Å². The van der Waals surface area contributed by atoms with Crippen molar-refractivity contribution in [1.82, 2.24) is 9.97 Å². The number of benzene rings is 2. The molecule has 31 heavy (non-hydrogen) atoms. The van der Waals surface area contributed by atoms with Crippen LogP contribution in [0.3, 0.4) is 0 Å². The van der Waals surface area contributed by atoms with Crippen LogP contribution in [0.4, 0.5) is 15.8 Å². The summed E-state index contributed by atoms with van der Waals surface area (Å²) in [4.78, 5) is 34.1. The van der Waals surface area contributed by atoms with E-state index in [1.165, 1.54) is 36.4 Å². The number of hydrogen-bond acceptors (Lipinski definition) is 5. The Balaban J connectivity index is 1.69. The van der Waals surface area contributed by atoms with Crippen LogP contribution in [0, 0.1) is 21.3 Å². The molecule has 158 valence electrons. The van der Waals surface area contributed by atoms with Crippen molar-refractivity contribution in [2.24, 2.45) is 5.41 Å². The molecule has 1 aromatic heterocycles. The quantitative estimate of drug-likeness (QED) is 0.491. The average molecular weight is 420 g/mol. The summed E-state index contributed by atoms with van der Waals surface area (Å²) in [6.45, 7) is 6.22. The molecule has 1 N–H and O–H groups in total. The fourth-order valence-electron chi connectivity index (χ4n) is 5.48. The largest absolute Gasteiger partial charge is 0.325 e. The number of fused-ring (bicyclic) bond motifs is 6. The number of aromatic nitrogens is 2. The van der Waals surface area contributed by atoms with Crippen LogP contribution in [0.2, 0.25) is 0 Å². The number of nitro groups is 1. The van der Waals surface area contributed by atoms with Gasteiger partial charge in [-0.15, -0.1) is 0 Å². The molecule has 0 aliphatic heterocycles. The lowest BCUT2D eigenvalue weighted by molar-refractivity contribution is -0.384. The first-order valence-electron chi connectivity index (χ1n) is 10.1. The van der Waals surface area contributed by atoms with Gasteiger partial charge < -0.3 is 5.32 Å². The van der Waals surface area contributed by atoms with Crippen molar-refractivity contribution in [2.75, 3.05) is 5.32 Å². The van der Waals surface area contributed by atoms with Gasteiger partial charge in [0.1, 0.15) is 5.82 Å². The normalized spacial score (nSPS) is 25.4. The molecular formula is C23H21FN4O3. The second-order valence-corrected chi connectivity index (χ2v) is 9.17. The zero-order chi connectivity index (χ0) is 22.2. The molecular weight excluding hydrogens is 399 g/mol. The number of halogens is 1. The van der Waals surface area contributed by atoms with Gasteiger partial charge in [-0.1, -0.05) is 20.8 Å². The van der Waals surface area contributed by atoms with Gasteiger partial charge in [0.15, 0.2) is 0 Å². The number of hydrogen-bond donors (Lipinski definition) is 1. The van der Waals surface area contributed by atoms with E-state index >= 15 is 0 Å². The molecule has 0 radical (unpaired) electrons. The van der Waals surface area contributed by atoms with E-state index in [0.717, 1.165) is 12.1 Å². The van der Waals surface area contributed by atoms with Crippen LogP contribution in [0.1, 0.15) is 45.0 Å². The maximum absolute atomic E-state index is 13.7. The van der Waals surface area contributed by atoms with Crippen molar-refractivity contribution in [1.29, 1.82) is 0 Å². The highest BCUT2D eigenvalue weighted by Crippen LogP contribution is 2.70. The van der Waals surface area contributed by atoms with Crippen LogP contribution in [0.15, 0.2) is 42.5 Å². The Morgan fingerprint density at radius 3 is 2.39 bits per heavy atom. The third kappa shape index (κ3) is 2.35. The summed E-state index contributed by atoms with van der Waals surface area (Å²) in [5.74, 6) is -0.597. The van der Waals surface area contributed by atoms with E-state index in [0.29, 0.717) is 28.8 Å². The molecule has 1 heterocycles. The Labute approximate surface area is 177 Å². The lowest BCUT2D eigenvalue weighted by atomic mass is 9.63. The maximum Gasteiger partial charge on any atom is 0.271 e. The van der Waals surface area contributed by atoms with E-state index in [4.69, 9.17) is 9.97 Å². The first-order chi connectivity index (χ1) is 14.6. The van der Waals surface area contributed by atoms with E-state index in [1.54, 1.807) is 6.07 Å². The number of nitro benzene ring substituents is 1. The van der Waals surface area contributed by atoms with Crippen LogP contribution in [-0.4, -0.2) is 20.8 Å². The summed E-state index contributed by atoms with van der Waals surface area (Å²) in [6, 6.07) is 10.1. The second kappa shape index (κ2) is 6.06. The molecule has 1 fully saturated rings. The average Bonchev–Trinajstić information content (AvgIpc) is 3.03. The van der Waals surface area contributed by atoms with Gasteiger partial charge in [0.05, 0.1) is 32.8 Å². The molecule has 2 unspecified atom stereocenters. The fourth-order valence-corrected chi connectivity index (χ4v) is 5.48. The van der Waals surface area contributed by atoms with Crippen LogP contribution in [0.25, 0.3) is 11.0 Å². The minimum Gasteiger partial charge on any atom is -0.325 e.